The molecule has 2 aromatic rings. The SMILES string of the molecule is Cc1c(C(=O)O)ccc(-c2cccc(S)c2)c1Cl. The van der Waals surface area contributed by atoms with Gasteiger partial charge in [0.05, 0.1) is 10.6 Å². The average molecular weight is 279 g/mol. The number of rotatable bonds is 2. The second kappa shape index (κ2) is 5.04. The van der Waals surface area contributed by atoms with Crippen LogP contribution in [0.5, 0.6) is 0 Å². The van der Waals surface area contributed by atoms with Crippen molar-refractivity contribution in [3.8, 4) is 11.1 Å². The Morgan fingerprint density at radius 3 is 2.61 bits per heavy atom. The lowest BCUT2D eigenvalue weighted by Gasteiger charge is -2.10. The predicted molar refractivity (Wildman–Crippen MR) is 75.8 cm³/mol. The fraction of sp³-hybridized carbons (Fsp3) is 0.0714. The first-order valence-corrected chi connectivity index (χ1v) is 6.15. The molecule has 0 aromatic heterocycles. The van der Waals surface area contributed by atoms with Gasteiger partial charge in [-0.1, -0.05) is 29.8 Å². The molecule has 0 bridgehead atoms. The molecule has 1 N–H and O–H groups in total. The summed E-state index contributed by atoms with van der Waals surface area (Å²) in [5.41, 5.74) is 2.54. The first-order valence-electron chi connectivity index (χ1n) is 5.32. The first-order chi connectivity index (χ1) is 8.50. The molecular weight excluding hydrogens is 268 g/mol. The number of carboxylic acids is 1. The number of benzene rings is 2. The van der Waals surface area contributed by atoms with E-state index in [1.54, 1.807) is 19.1 Å². The molecule has 0 aliphatic rings. The number of thiol groups is 1. The second-order valence-electron chi connectivity index (χ2n) is 3.96. The molecule has 18 heavy (non-hydrogen) atoms. The Balaban J connectivity index is 2.61. The third kappa shape index (κ3) is 2.37. The van der Waals surface area contributed by atoms with E-state index in [1.807, 2.05) is 24.3 Å². The first kappa shape index (κ1) is 13.0. The van der Waals surface area contributed by atoms with Crippen LogP contribution in [0.4, 0.5) is 0 Å². The van der Waals surface area contributed by atoms with Gasteiger partial charge in [0.25, 0.3) is 0 Å². The summed E-state index contributed by atoms with van der Waals surface area (Å²) < 4.78 is 0. The van der Waals surface area contributed by atoms with Crippen LogP contribution in [-0.2, 0) is 0 Å². The number of hydrogen-bond acceptors (Lipinski definition) is 2. The minimum atomic E-state index is -0.969. The van der Waals surface area contributed by atoms with Crippen molar-refractivity contribution in [1.29, 1.82) is 0 Å². The van der Waals surface area contributed by atoms with Crippen LogP contribution in [0.1, 0.15) is 15.9 Å². The minimum Gasteiger partial charge on any atom is -0.478 e. The zero-order chi connectivity index (χ0) is 13.3. The van der Waals surface area contributed by atoms with Crippen LogP contribution in [0, 0.1) is 6.92 Å². The lowest BCUT2D eigenvalue weighted by Crippen LogP contribution is -2.00. The topological polar surface area (TPSA) is 37.3 Å². The van der Waals surface area contributed by atoms with Crippen molar-refractivity contribution < 1.29 is 9.90 Å². The largest absolute Gasteiger partial charge is 0.478 e. The summed E-state index contributed by atoms with van der Waals surface area (Å²) in [6.45, 7) is 1.71. The third-order valence-corrected chi connectivity index (χ3v) is 3.54. The second-order valence-corrected chi connectivity index (χ2v) is 4.85. The fourth-order valence-corrected chi connectivity index (χ4v) is 2.31. The van der Waals surface area contributed by atoms with Gasteiger partial charge in [-0.2, -0.15) is 0 Å². The van der Waals surface area contributed by atoms with Crippen molar-refractivity contribution in [3.05, 3.63) is 52.5 Å². The molecule has 0 heterocycles. The van der Waals surface area contributed by atoms with Gasteiger partial charge < -0.3 is 5.11 Å². The van der Waals surface area contributed by atoms with Gasteiger partial charge in [0.15, 0.2) is 0 Å². The van der Waals surface area contributed by atoms with Crippen molar-refractivity contribution in [2.75, 3.05) is 0 Å². The maximum absolute atomic E-state index is 11.0. The smallest absolute Gasteiger partial charge is 0.336 e. The molecule has 0 saturated heterocycles. The van der Waals surface area contributed by atoms with Crippen LogP contribution in [-0.4, -0.2) is 11.1 Å². The van der Waals surface area contributed by atoms with Crippen LogP contribution >= 0.6 is 24.2 Å². The zero-order valence-corrected chi connectivity index (χ0v) is 11.3. The Hall–Kier alpha value is -1.45. The molecular formula is C14H11ClO2S. The van der Waals surface area contributed by atoms with Crippen molar-refractivity contribution in [2.45, 2.75) is 11.8 Å². The number of carboxylic acid groups (broad SMARTS) is 1. The molecule has 0 radical (unpaired) electrons. The molecule has 0 spiro atoms. The minimum absolute atomic E-state index is 0.228. The van der Waals surface area contributed by atoms with Gasteiger partial charge in [0.2, 0.25) is 0 Å². The number of carbonyl (C=O) groups is 1. The number of hydrogen-bond donors (Lipinski definition) is 2. The summed E-state index contributed by atoms with van der Waals surface area (Å²) in [4.78, 5) is 11.8. The lowest BCUT2D eigenvalue weighted by atomic mass is 9.99. The summed E-state index contributed by atoms with van der Waals surface area (Å²) in [6, 6.07) is 10.9. The lowest BCUT2D eigenvalue weighted by molar-refractivity contribution is 0.0696. The number of aromatic carboxylic acids is 1. The molecule has 0 aliphatic carbocycles. The van der Waals surface area contributed by atoms with Gasteiger partial charge in [-0.3, -0.25) is 0 Å². The van der Waals surface area contributed by atoms with E-state index < -0.39 is 5.97 Å². The highest BCUT2D eigenvalue weighted by Crippen LogP contribution is 2.33. The maximum Gasteiger partial charge on any atom is 0.336 e. The fourth-order valence-electron chi connectivity index (χ4n) is 1.81. The summed E-state index contributed by atoms with van der Waals surface area (Å²) in [5, 5.41) is 9.49. The van der Waals surface area contributed by atoms with Gasteiger partial charge in [0, 0.05) is 10.5 Å². The van der Waals surface area contributed by atoms with E-state index in [9.17, 15) is 4.79 Å². The predicted octanol–water partition coefficient (Wildman–Crippen LogP) is 4.30. The van der Waals surface area contributed by atoms with Crippen molar-refractivity contribution in [2.24, 2.45) is 0 Å². The van der Waals surface area contributed by atoms with E-state index in [2.05, 4.69) is 12.6 Å². The third-order valence-electron chi connectivity index (χ3n) is 2.77. The molecule has 0 amide bonds. The highest BCUT2D eigenvalue weighted by molar-refractivity contribution is 7.80. The highest BCUT2D eigenvalue weighted by atomic mass is 35.5. The average Bonchev–Trinajstić information content (AvgIpc) is 2.32. The molecule has 2 rings (SSSR count). The summed E-state index contributed by atoms with van der Waals surface area (Å²) in [5.74, 6) is -0.969. The Kier molecular flexibility index (Phi) is 3.64. The Morgan fingerprint density at radius 2 is 2.00 bits per heavy atom. The number of halogens is 1. The van der Waals surface area contributed by atoms with E-state index in [0.717, 1.165) is 16.0 Å². The van der Waals surface area contributed by atoms with Crippen molar-refractivity contribution in [1.82, 2.24) is 0 Å². The van der Waals surface area contributed by atoms with Crippen molar-refractivity contribution in [3.63, 3.8) is 0 Å². The van der Waals surface area contributed by atoms with Gasteiger partial charge in [-0.05, 0) is 36.2 Å². The monoisotopic (exact) mass is 278 g/mol. The molecule has 0 aliphatic heterocycles. The molecule has 2 nitrogen and oxygen atoms in total. The van der Waals surface area contributed by atoms with Gasteiger partial charge in [-0.25, -0.2) is 4.79 Å². The van der Waals surface area contributed by atoms with Gasteiger partial charge >= 0.3 is 5.97 Å². The molecule has 4 heteroatoms. The summed E-state index contributed by atoms with van der Waals surface area (Å²) in [6.07, 6.45) is 0. The van der Waals surface area contributed by atoms with Crippen LogP contribution < -0.4 is 0 Å². The summed E-state index contributed by atoms with van der Waals surface area (Å²) >= 11 is 10.5. The molecule has 0 fully saturated rings. The van der Waals surface area contributed by atoms with Gasteiger partial charge in [-0.15, -0.1) is 12.6 Å². The van der Waals surface area contributed by atoms with Crippen LogP contribution in [0.15, 0.2) is 41.3 Å². The van der Waals surface area contributed by atoms with Gasteiger partial charge in [0.1, 0.15) is 0 Å². The highest BCUT2D eigenvalue weighted by Gasteiger charge is 2.13. The van der Waals surface area contributed by atoms with Crippen LogP contribution in [0.25, 0.3) is 11.1 Å². The Bertz CT molecular complexity index is 623. The quantitative estimate of drug-likeness (QED) is 0.804. The zero-order valence-electron chi connectivity index (χ0n) is 9.64. The van der Waals surface area contributed by atoms with E-state index in [4.69, 9.17) is 16.7 Å². The molecule has 0 atom stereocenters. The van der Waals surface area contributed by atoms with Crippen LogP contribution in [0.3, 0.4) is 0 Å². The standard InChI is InChI=1S/C14H11ClO2S/c1-8-11(14(16)17)5-6-12(13(8)15)9-3-2-4-10(18)7-9/h2-7,18H,1H3,(H,16,17). The Morgan fingerprint density at radius 1 is 1.28 bits per heavy atom. The maximum atomic E-state index is 11.0. The molecule has 0 saturated carbocycles. The normalized spacial score (nSPS) is 10.4. The van der Waals surface area contributed by atoms with E-state index >= 15 is 0 Å². The van der Waals surface area contributed by atoms with E-state index in [1.165, 1.54) is 0 Å². The van der Waals surface area contributed by atoms with Crippen LogP contribution in [0.2, 0.25) is 5.02 Å². The summed E-state index contributed by atoms with van der Waals surface area (Å²) in [7, 11) is 0. The van der Waals surface area contributed by atoms with Crippen molar-refractivity contribution >= 4 is 30.2 Å². The molecule has 92 valence electrons. The molecule has 2 aromatic carbocycles. The van der Waals surface area contributed by atoms with E-state index in [0.29, 0.717) is 10.6 Å². The molecule has 0 unspecified atom stereocenters. The van der Waals surface area contributed by atoms with E-state index in [-0.39, 0.29) is 5.56 Å². The Labute approximate surface area is 116 Å².